The van der Waals surface area contributed by atoms with Gasteiger partial charge in [-0.15, -0.1) is 0 Å². The van der Waals surface area contributed by atoms with Crippen molar-refractivity contribution in [3.8, 4) is 0 Å². The van der Waals surface area contributed by atoms with Crippen LogP contribution in [0.2, 0.25) is 0 Å². The summed E-state index contributed by atoms with van der Waals surface area (Å²) in [6.45, 7) is 1.95. The number of hydrogen-bond donors (Lipinski definition) is 2. The molecule has 1 fully saturated rings. The van der Waals surface area contributed by atoms with Crippen LogP contribution in [0, 0.1) is 6.92 Å². The number of aromatic amines is 1. The van der Waals surface area contributed by atoms with Gasteiger partial charge in [0.1, 0.15) is 5.82 Å². The number of aryl methyl sites for hydroxylation is 1. The van der Waals surface area contributed by atoms with Gasteiger partial charge in [-0.3, -0.25) is 0 Å². The Balaban J connectivity index is 2.08. The summed E-state index contributed by atoms with van der Waals surface area (Å²) >= 11 is 0. The molecule has 0 atom stereocenters. The molecule has 1 saturated carbocycles. The minimum Gasteiger partial charge on any atom is -0.390 e. The van der Waals surface area contributed by atoms with Crippen LogP contribution in [0.4, 0.5) is 0 Å². The second-order valence-electron chi connectivity index (χ2n) is 4.54. The molecule has 0 amide bonds. The van der Waals surface area contributed by atoms with E-state index in [1.165, 1.54) is 0 Å². The molecule has 3 nitrogen and oxygen atoms in total. The van der Waals surface area contributed by atoms with E-state index in [1.54, 1.807) is 0 Å². The van der Waals surface area contributed by atoms with E-state index in [4.69, 9.17) is 0 Å². The van der Waals surface area contributed by atoms with E-state index in [-0.39, 0.29) is 0 Å². The molecule has 1 aliphatic carbocycles. The van der Waals surface area contributed by atoms with E-state index < -0.39 is 5.60 Å². The van der Waals surface area contributed by atoms with Gasteiger partial charge < -0.3 is 10.1 Å². The molecule has 1 aromatic heterocycles. The highest BCUT2D eigenvalue weighted by atomic mass is 16.3. The van der Waals surface area contributed by atoms with E-state index in [2.05, 4.69) is 16.0 Å². The molecule has 2 aromatic rings. The van der Waals surface area contributed by atoms with Gasteiger partial charge in [-0.2, -0.15) is 0 Å². The maximum absolute atomic E-state index is 9.91. The topological polar surface area (TPSA) is 48.9 Å². The highest BCUT2D eigenvalue weighted by molar-refractivity contribution is 5.79. The predicted molar refractivity (Wildman–Crippen MR) is 58.7 cm³/mol. The fraction of sp³-hybridized carbons (Fsp3) is 0.417. The molecule has 0 aliphatic heterocycles. The average molecular weight is 202 g/mol. The van der Waals surface area contributed by atoms with E-state index in [1.807, 2.05) is 19.1 Å². The van der Waals surface area contributed by atoms with Gasteiger partial charge in [0.25, 0.3) is 0 Å². The maximum Gasteiger partial charge on any atom is 0.104 e. The minimum atomic E-state index is -0.443. The molecule has 0 unspecified atom stereocenters. The number of fused-ring (bicyclic) bond motifs is 1. The van der Waals surface area contributed by atoms with Crippen LogP contribution in [-0.2, 0) is 6.42 Å². The van der Waals surface area contributed by atoms with Gasteiger partial charge in [0.15, 0.2) is 0 Å². The zero-order valence-electron chi connectivity index (χ0n) is 8.75. The van der Waals surface area contributed by atoms with Crippen molar-refractivity contribution in [1.29, 1.82) is 0 Å². The molecule has 0 saturated heterocycles. The van der Waals surface area contributed by atoms with Crippen molar-refractivity contribution >= 4 is 11.0 Å². The largest absolute Gasteiger partial charge is 0.390 e. The number of rotatable bonds is 2. The molecule has 3 heteroatoms. The van der Waals surface area contributed by atoms with Gasteiger partial charge in [-0.1, -0.05) is 12.1 Å². The van der Waals surface area contributed by atoms with Gasteiger partial charge in [-0.05, 0) is 31.4 Å². The SMILES string of the molecule is Cc1nc2c(CC3(O)CC3)cccc2[nH]1. The molecule has 78 valence electrons. The highest BCUT2D eigenvalue weighted by Gasteiger charge is 2.40. The van der Waals surface area contributed by atoms with Crippen LogP contribution >= 0.6 is 0 Å². The highest BCUT2D eigenvalue weighted by Crippen LogP contribution is 2.39. The van der Waals surface area contributed by atoms with Crippen molar-refractivity contribution in [2.75, 3.05) is 0 Å². The van der Waals surface area contributed by atoms with Crippen LogP contribution in [0.1, 0.15) is 24.2 Å². The first kappa shape index (κ1) is 8.92. The molecule has 0 radical (unpaired) electrons. The van der Waals surface area contributed by atoms with Crippen molar-refractivity contribution in [2.24, 2.45) is 0 Å². The predicted octanol–water partition coefficient (Wildman–Crippen LogP) is 1.94. The number of nitrogens with one attached hydrogen (secondary N) is 1. The molecule has 1 aliphatic rings. The number of H-pyrrole nitrogens is 1. The first-order chi connectivity index (χ1) is 7.16. The molecule has 1 aromatic carbocycles. The minimum absolute atomic E-state index is 0.443. The number of nitrogens with zero attached hydrogens (tertiary/aromatic N) is 1. The summed E-state index contributed by atoms with van der Waals surface area (Å²) in [7, 11) is 0. The third-order valence-corrected chi connectivity index (χ3v) is 3.06. The van der Waals surface area contributed by atoms with Gasteiger partial charge in [0.05, 0.1) is 16.6 Å². The summed E-state index contributed by atoms with van der Waals surface area (Å²) in [5.74, 6) is 0.931. The third kappa shape index (κ3) is 1.53. The van der Waals surface area contributed by atoms with Crippen LogP contribution < -0.4 is 0 Å². The molecule has 15 heavy (non-hydrogen) atoms. The lowest BCUT2D eigenvalue weighted by atomic mass is 10.1. The van der Waals surface area contributed by atoms with Crippen molar-refractivity contribution in [3.05, 3.63) is 29.6 Å². The van der Waals surface area contributed by atoms with Crippen LogP contribution in [0.3, 0.4) is 0 Å². The Morgan fingerprint density at radius 3 is 3.00 bits per heavy atom. The molecule has 1 heterocycles. The zero-order valence-corrected chi connectivity index (χ0v) is 8.75. The number of para-hydroxylation sites is 1. The van der Waals surface area contributed by atoms with Gasteiger partial charge in [-0.25, -0.2) is 4.98 Å². The fourth-order valence-electron chi connectivity index (χ4n) is 2.03. The molecular weight excluding hydrogens is 188 g/mol. The Bertz CT molecular complexity index is 511. The zero-order chi connectivity index (χ0) is 10.5. The van der Waals surface area contributed by atoms with Gasteiger partial charge in [0.2, 0.25) is 0 Å². The summed E-state index contributed by atoms with van der Waals surface area (Å²) in [4.78, 5) is 7.67. The quantitative estimate of drug-likeness (QED) is 0.781. The second-order valence-corrected chi connectivity index (χ2v) is 4.54. The molecular formula is C12H14N2O. The van der Waals surface area contributed by atoms with Gasteiger partial charge >= 0.3 is 0 Å². The Kier molecular flexibility index (Phi) is 1.68. The average Bonchev–Trinajstić information content (AvgIpc) is 2.76. The Labute approximate surface area is 88.2 Å². The number of aromatic nitrogens is 2. The Morgan fingerprint density at radius 2 is 2.27 bits per heavy atom. The summed E-state index contributed by atoms with van der Waals surface area (Å²) < 4.78 is 0. The van der Waals surface area contributed by atoms with Crippen molar-refractivity contribution in [2.45, 2.75) is 31.8 Å². The smallest absolute Gasteiger partial charge is 0.104 e. The molecule has 3 rings (SSSR count). The van der Waals surface area contributed by atoms with Crippen LogP contribution in [0.25, 0.3) is 11.0 Å². The summed E-state index contributed by atoms with van der Waals surface area (Å²) in [6.07, 6.45) is 2.58. The lowest BCUT2D eigenvalue weighted by Gasteiger charge is -2.07. The van der Waals surface area contributed by atoms with Crippen LogP contribution in [-0.4, -0.2) is 20.7 Å². The molecule has 0 bridgehead atoms. The van der Waals surface area contributed by atoms with Crippen LogP contribution in [0.5, 0.6) is 0 Å². The standard InChI is InChI=1S/C12H14N2O/c1-8-13-10-4-2-3-9(11(10)14-8)7-12(15)5-6-12/h2-4,15H,5-7H2,1H3,(H,13,14). The first-order valence-corrected chi connectivity index (χ1v) is 5.33. The molecule has 0 spiro atoms. The van der Waals surface area contributed by atoms with Gasteiger partial charge in [0, 0.05) is 6.42 Å². The number of hydrogen-bond acceptors (Lipinski definition) is 2. The van der Waals surface area contributed by atoms with Crippen molar-refractivity contribution in [3.63, 3.8) is 0 Å². The van der Waals surface area contributed by atoms with E-state index in [0.29, 0.717) is 0 Å². The van der Waals surface area contributed by atoms with E-state index in [0.717, 1.165) is 41.7 Å². The Morgan fingerprint density at radius 1 is 1.47 bits per heavy atom. The Hall–Kier alpha value is -1.35. The van der Waals surface area contributed by atoms with Crippen LogP contribution in [0.15, 0.2) is 18.2 Å². The summed E-state index contributed by atoms with van der Waals surface area (Å²) in [5, 5.41) is 9.91. The summed E-state index contributed by atoms with van der Waals surface area (Å²) in [5.41, 5.74) is 2.78. The van der Waals surface area contributed by atoms with E-state index >= 15 is 0 Å². The summed E-state index contributed by atoms with van der Waals surface area (Å²) in [6, 6.07) is 6.09. The molecule has 2 N–H and O–H groups in total. The maximum atomic E-state index is 9.91. The fourth-order valence-corrected chi connectivity index (χ4v) is 2.03. The number of aliphatic hydroxyl groups is 1. The third-order valence-electron chi connectivity index (χ3n) is 3.06. The number of imidazole rings is 1. The van der Waals surface area contributed by atoms with E-state index in [9.17, 15) is 5.11 Å². The lowest BCUT2D eigenvalue weighted by Crippen LogP contribution is -2.10. The van der Waals surface area contributed by atoms with Crippen molar-refractivity contribution < 1.29 is 5.11 Å². The lowest BCUT2D eigenvalue weighted by molar-refractivity contribution is 0.151. The number of benzene rings is 1. The first-order valence-electron chi connectivity index (χ1n) is 5.33. The monoisotopic (exact) mass is 202 g/mol. The second kappa shape index (κ2) is 2.83. The van der Waals surface area contributed by atoms with Crippen molar-refractivity contribution in [1.82, 2.24) is 9.97 Å². The normalized spacial score (nSPS) is 18.3.